The zero-order chi connectivity index (χ0) is 20.4. The van der Waals surface area contributed by atoms with Gasteiger partial charge in [-0.3, -0.25) is 4.79 Å². The second-order valence-electron chi connectivity index (χ2n) is 6.71. The summed E-state index contributed by atoms with van der Waals surface area (Å²) in [6.45, 7) is 24.2. The third kappa shape index (κ3) is 18.8. The van der Waals surface area contributed by atoms with Gasteiger partial charge in [0.25, 0.3) is 0 Å². The zero-order valence-electron chi connectivity index (χ0n) is 18.7. The first-order valence-electron chi connectivity index (χ1n) is 9.91. The van der Waals surface area contributed by atoms with Crippen molar-refractivity contribution in [1.29, 1.82) is 0 Å². The van der Waals surface area contributed by atoms with E-state index in [2.05, 4.69) is 59.4 Å². The molecule has 1 aromatic rings. The highest BCUT2D eigenvalue weighted by Crippen LogP contribution is 2.13. The first kappa shape index (κ1) is 28.4. The first-order chi connectivity index (χ1) is 11.7. The van der Waals surface area contributed by atoms with Gasteiger partial charge < -0.3 is 0 Å². The Kier molecular flexibility index (Phi) is 21.6. The summed E-state index contributed by atoms with van der Waals surface area (Å²) in [6, 6.07) is 6.47. The van der Waals surface area contributed by atoms with Crippen LogP contribution >= 0.6 is 0 Å². The van der Waals surface area contributed by atoms with Crippen molar-refractivity contribution in [3.63, 3.8) is 0 Å². The Balaban J connectivity index is -0.000000298. The number of benzene rings is 1. The summed E-state index contributed by atoms with van der Waals surface area (Å²) in [5, 5.41) is 0. The van der Waals surface area contributed by atoms with E-state index < -0.39 is 0 Å². The lowest BCUT2D eigenvalue weighted by Gasteiger charge is -2.03. The van der Waals surface area contributed by atoms with E-state index in [1.165, 1.54) is 29.5 Å². The van der Waals surface area contributed by atoms with Crippen molar-refractivity contribution in [2.24, 2.45) is 11.8 Å². The second kappa shape index (κ2) is 19.0. The van der Waals surface area contributed by atoms with E-state index in [1.54, 1.807) is 6.92 Å². The van der Waals surface area contributed by atoms with Crippen LogP contribution < -0.4 is 0 Å². The Labute approximate surface area is 158 Å². The van der Waals surface area contributed by atoms with Crippen molar-refractivity contribution in [3.05, 3.63) is 41.5 Å². The van der Waals surface area contributed by atoms with Crippen LogP contribution in [-0.4, -0.2) is 5.78 Å². The van der Waals surface area contributed by atoms with Crippen LogP contribution in [0, 0.1) is 18.8 Å². The number of hydrogen-bond donors (Lipinski definition) is 0. The molecule has 0 unspecified atom stereocenters. The van der Waals surface area contributed by atoms with E-state index in [0.717, 1.165) is 12.3 Å². The van der Waals surface area contributed by atoms with E-state index in [0.29, 0.717) is 0 Å². The molecule has 0 bridgehead atoms. The summed E-state index contributed by atoms with van der Waals surface area (Å²) >= 11 is 0. The molecule has 0 amide bonds. The van der Waals surface area contributed by atoms with Crippen LogP contribution in [0.2, 0.25) is 0 Å². The number of carbonyl (C=O) groups excluding carboxylic acids is 1. The van der Waals surface area contributed by atoms with Crippen LogP contribution in [0.25, 0.3) is 6.08 Å². The molecule has 0 fully saturated rings. The highest BCUT2D eigenvalue weighted by Gasteiger charge is 1.95. The molecule has 0 aliphatic carbocycles. The normalized spacial score (nSPS) is 9.12. The van der Waals surface area contributed by atoms with E-state index >= 15 is 0 Å². The largest absolute Gasteiger partial charge is 0.300 e. The number of Topliss-reactive ketones (excluding diaryl/α,β-unsaturated/α-hetero) is 1. The van der Waals surface area contributed by atoms with E-state index in [9.17, 15) is 4.79 Å². The van der Waals surface area contributed by atoms with Gasteiger partial charge in [0.05, 0.1) is 0 Å². The van der Waals surface area contributed by atoms with Crippen LogP contribution in [0.15, 0.2) is 24.8 Å². The summed E-state index contributed by atoms with van der Waals surface area (Å²) in [6.07, 6.45) is 5.71. The lowest BCUT2D eigenvalue weighted by molar-refractivity contribution is -0.119. The highest BCUT2D eigenvalue weighted by atomic mass is 16.1. The maximum Gasteiger partial charge on any atom is 0.132 e. The Hall–Kier alpha value is -1.37. The lowest BCUT2D eigenvalue weighted by atomic mass is 10.0. The van der Waals surface area contributed by atoms with Gasteiger partial charge in [-0.1, -0.05) is 105 Å². The first-order valence-corrected chi connectivity index (χ1v) is 9.91. The minimum absolute atomic E-state index is 0.213. The molecule has 0 aliphatic rings. The monoisotopic (exact) mass is 348 g/mol. The molecule has 0 aliphatic heterocycles. The Morgan fingerprint density at radius 2 is 1.60 bits per heavy atom. The van der Waals surface area contributed by atoms with Crippen molar-refractivity contribution in [2.45, 2.75) is 88.5 Å². The van der Waals surface area contributed by atoms with Crippen LogP contribution in [0.3, 0.4) is 0 Å². The third-order valence-electron chi connectivity index (χ3n) is 3.58. The molecule has 0 saturated carbocycles. The molecule has 0 atom stereocenters. The molecule has 0 heterocycles. The van der Waals surface area contributed by atoms with E-state index in [1.807, 2.05) is 33.8 Å². The van der Waals surface area contributed by atoms with Gasteiger partial charge in [0, 0.05) is 5.92 Å². The van der Waals surface area contributed by atoms with Crippen molar-refractivity contribution < 1.29 is 4.79 Å². The van der Waals surface area contributed by atoms with Crippen LogP contribution in [0.4, 0.5) is 0 Å². The van der Waals surface area contributed by atoms with Crippen LogP contribution in [-0.2, 0) is 11.2 Å². The highest BCUT2D eigenvalue weighted by molar-refractivity contribution is 5.77. The quantitative estimate of drug-likeness (QED) is 0.528. The minimum Gasteiger partial charge on any atom is -0.300 e. The summed E-state index contributed by atoms with van der Waals surface area (Å²) in [5.74, 6) is 1.37. The van der Waals surface area contributed by atoms with E-state index in [-0.39, 0.29) is 11.7 Å². The molecule has 0 spiro atoms. The minimum atomic E-state index is 0.213. The van der Waals surface area contributed by atoms with Gasteiger partial charge in [0.2, 0.25) is 0 Å². The fourth-order valence-corrected chi connectivity index (χ4v) is 1.82. The molecule has 0 aromatic heterocycles. The SMILES string of the molecule is C=Cc1ccc(C)cc1CC.CC.CC(=O)C(C)C.CCCC(C)C. The fourth-order valence-electron chi connectivity index (χ4n) is 1.82. The van der Waals surface area contributed by atoms with Gasteiger partial charge >= 0.3 is 0 Å². The molecule has 0 radical (unpaired) electrons. The molecule has 1 nitrogen and oxygen atoms in total. The molecule has 146 valence electrons. The standard InChI is InChI=1S/C11H14.C6H14.C5H10O.C2H6/c1-4-10-7-6-9(3)8-11(10)5-2;1-4-5-6(2)3;1-4(2)5(3)6;1-2/h4,6-8H,1,5H2,2-3H3;6H,4-5H2,1-3H3;4H,1-3H3;1-2H3. The maximum absolute atomic E-state index is 10.1. The predicted molar refractivity (Wildman–Crippen MR) is 117 cm³/mol. The van der Waals surface area contributed by atoms with Crippen molar-refractivity contribution in [3.8, 4) is 0 Å². The molecule has 0 N–H and O–H groups in total. The van der Waals surface area contributed by atoms with Gasteiger partial charge in [0.1, 0.15) is 5.78 Å². The predicted octanol–water partition coefficient (Wildman–Crippen LogP) is 7.90. The number of carbonyl (C=O) groups is 1. The topological polar surface area (TPSA) is 17.1 Å². The molecule has 1 heteroatoms. The average Bonchev–Trinajstić information content (AvgIpc) is 2.57. The van der Waals surface area contributed by atoms with Gasteiger partial charge in [-0.25, -0.2) is 0 Å². The summed E-state index contributed by atoms with van der Waals surface area (Å²) in [7, 11) is 0. The second-order valence-corrected chi connectivity index (χ2v) is 6.71. The maximum atomic E-state index is 10.1. The number of rotatable bonds is 5. The number of hydrogen-bond acceptors (Lipinski definition) is 1. The molecule has 1 rings (SSSR count). The van der Waals surface area contributed by atoms with E-state index in [4.69, 9.17) is 0 Å². The number of aryl methyl sites for hydroxylation is 2. The molecule has 0 saturated heterocycles. The summed E-state index contributed by atoms with van der Waals surface area (Å²) < 4.78 is 0. The van der Waals surface area contributed by atoms with Crippen molar-refractivity contribution in [1.82, 2.24) is 0 Å². The average molecular weight is 349 g/mol. The fraction of sp³-hybridized carbons (Fsp3) is 0.625. The van der Waals surface area contributed by atoms with Gasteiger partial charge in [0.15, 0.2) is 0 Å². The summed E-state index contributed by atoms with van der Waals surface area (Å²) in [5.41, 5.74) is 3.98. The lowest BCUT2D eigenvalue weighted by Crippen LogP contribution is -1.98. The third-order valence-corrected chi connectivity index (χ3v) is 3.58. The van der Waals surface area contributed by atoms with Crippen LogP contribution in [0.5, 0.6) is 0 Å². The van der Waals surface area contributed by atoms with Crippen LogP contribution in [0.1, 0.15) is 91.8 Å². The Bertz CT molecular complexity index is 441. The van der Waals surface area contributed by atoms with Gasteiger partial charge in [-0.15, -0.1) is 0 Å². The molecular formula is C24H44O. The molecule has 1 aromatic carbocycles. The number of ketones is 1. The molecule has 25 heavy (non-hydrogen) atoms. The Morgan fingerprint density at radius 1 is 1.12 bits per heavy atom. The molecular weight excluding hydrogens is 304 g/mol. The van der Waals surface area contributed by atoms with Gasteiger partial charge in [-0.2, -0.15) is 0 Å². The smallest absolute Gasteiger partial charge is 0.132 e. The zero-order valence-corrected chi connectivity index (χ0v) is 18.7. The summed E-state index contributed by atoms with van der Waals surface area (Å²) in [4.78, 5) is 10.1. The van der Waals surface area contributed by atoms with Crippen molar-refractivity contribution >= 4 is 11.9 Å². The van der Waals surface area contributed by atoms with Crippen molar-refractivity contribution in [2.75, 3.05) is 0 Å². The Morgan fingerprint density at radius 3 is 1.84 bits per heavy atom. The van der Waals surface area contributed by atoms with Gasteiger partial charge in [-0.05, 0) is 37.3 Å².